The van der Waals surface area contributed by atoms with Crippen molar-refractivity contribution in [3.63, 3.8) is 0 Å². The van der Waals surface area contributed by atoms with E-state index < -0.39 is 17.2 Å². The van der Waals surface area contributed by atoms with E-state index in [4.69, 9.17) is 27.9 Å². The smallest absolute Gasteiger partial charge is 0.330 e. The minimum atomic E-state index is -0.722. The zero-order valence-corrected chi connectivity index (χ0v) is 25.8. The van der Waals surface area contributed by atoms with Gasteiger partial charge in [0.1, 0.15) is 11.3 Å². The van der Waals surface area contributed by atoms with Gasteiger partial charge in [-0.1, -0.05) is 53.5 Å². The number of carbonyl (C=O) groups excluding carboxylic acids is 2. The first-order valence-corrected chi connectivity index (χ1v) is 14.5. The number of methoxy groups -OCH3 is 1. The Morgan fingerprint density at radius 2 is 1.77 bits per heavy atom. The maximum Gasteiger partial charge on any atom is 0.330 e. The molecular weight excluding hydrogens is 607 g/mol. The first-order valence-electron chi connectivity index (χ1n) is 13.8. The van der Waals surface area contributed by atoms with Crippen molar-refractivity contribution >= 4 is 40.7 Å². The Balaban J connectivity index is 1.40. The fourth-order valence-corrected chi connectivity index (χ4v) is 5.67. The summed E-state index contributed by atoms with van der Waals surface area (Å²) in [7, 11) is 4.34. The molecule has 44 heavy (non-hydrogen) atoms. The third-order valence-corrected chi connectivity index (χ3v) is 8.27. The number of benzene rings is 2. The number of rotatable bonds is 9. The number of nitrogens with one attached hydrogen (secondary N) is 3. The van der Waals surface area contributed by atoms with Crippen LogP contribution in [0.5, 0.6) is 5.75 Å². The predicted octanol–water partition coefficient (Wildman–Crippen LogP) is 3.75. The van der Waals surface area contributed by atoms with E-state index in [9.17, 15) is 19.2 Å². The Morgan fingerprint density at radius 1 is 1.07 bits per heavy atom. The van der Waals surface area contributed by atoms with Crippen molar-refractivity contribution in [1.29, 1.82) is 0 Å². The topological polar surface area (TPSA) is 136 Å². The van der Waals surface area contributed by atoms with E-state index in [1.807, 2.05) is 18.2 Å². The van der Waals surface area contributed by atoms with Gasteiger partial charge in [-0.2, -0.15) is 0 Å². The summed E-state index contributed by atoms with van der Waals surface area (Å²) < 4.78 is 7.66. The number of aromatic nitrogens is 3. The van der Waals surface area contributed by atoms with Gasteiger partial charge in [-0.05, 0) is 12.5 Å². The second-order valence-corrected chi connectivity index (χ2v) is 11.2. The minimum Gasteiger partial charge on any atom is -0.496 e. The summed E-state index contributed by atoms with van der Waals surface area (Å²) in [5.41, 5.74) is 2.04. The molecule has 2 amide bonds. The Labute approximate surface area is 262 Å². The van der Waals surface area contributed by atoms with Gasteiger partial charge >= 0.3 is 5.69 Å². The Kier molecular flexibility index (Phi) is 9.19. The van der Waals surface area contributed by atoms with E-state index >= 15 is 0 Å². The van der Waals surface area contributed by atoms with Gasteiger partial charge in [-0.15, -0.1) is 0 Å². The van der Waals surface area contributed by atoms with Gasteiger partial charge in [-0.3, -0.25) is 23.9 Å². The standard InChI is InChI=1S/C31H30Cl2N6O5/c1-38-16-22(30(42)39(2)31(38)43)29(41)37-23-9-5-7-20(28(23)33)19-6-4-8-21(27(19)32)24-12-25(44-3)17(14-35-24)13-34-15-18-10-11-26(40)36-18/h4-9,12,14,16,18,34H,10-11,13,15H2,1-3H3,(H,36,40)(H,37,41). The summed E-state index contributed by atoms with van der Waals surface area (Å²) in [5, 5.41) is 9.57. The molecule has 3 heterocycles. The van der Waals surface area contributed by atoms with E-state index in [0.29, 0.717) is 52.7 Å². The van der Waals surface area contributed by atoms with E-state index in [1.54, 1.807) is 37.6 Å². The zero-order chi connectivity index (χ0) is 31.5. The van der Waals surface area contributed by atoms with Crippen molar-refractivity contribution in [3.05, 3.63) is 96.9 Å². The molecule has 11 nitrogen and oxygen atoms in total. The lowest BCUT2D eigenvalue weighted by Gasteiger charge is -2.16. The van der Waals surface area contributed by atoms with Gasteiger partial charge in [0.2, 0.25) is 5.91 Å². The molecule has 1 saturated heterocycles. The van der Waals surface area contributed by atoms with Crippen LogP contribution in [0.2, 0.25) is 10.0 Å². The van der Waals surface area contributed by atoms with Crippen LogP contribution in [0, 0.1) is 0 Å². The molecule has 228 valence electrons. The molecule has 4 aromatic rings. The molecule has 5 rings (SSSR count). The minimum absolute atomic E-state index is 0.0747. The summed E-state index contributed by atoms with van der Waals surface area (Å²) in [6.45, 7) is 1.16. The van der Waals surface area contributed by atoms with Crippen LogP contribution in [0.4, 0.5) is 5.69 Å². The highest BCUT2D eigenvalue weighted by Gasteiger charge is 2.21. The second kappa shape index (κ2) is 13.0. The Morgan fingerprint density at radius 3 is 2.48 bits per heavy atom. The number of carbonyl (C=O) groups is 2. The van der Waals surface area contributed by atoms with Crippen LogP contribution in [-0.2, 0) is 25.4 Å². The van der Waals surface area contributed by atoms with Gasteiger partial charge in [0.25, 0.3) is 11.5 Å². The second-order valence-electron chi connectivity index (χ2n) is 10.4. The van der Waals surface area contributed by atoms with Crippen LogP contribution in [0.15, 0.2) is 64.4 Å². The van der Waals surface area contributed by atoms with Crippen molar-refractivity contribution in [2.24, 2.45) is 14.1 Å². The fourth-order valence-electron chi connectivity index (χ4n) is 5.07. The number of nitrogens with zero attached hydrogens (tertiary/aromatic N) is 3. The number of hydrogen-bond donors (Lipinski definition) is 3. The number of ether oxygens (including phenoxy) is 1. The third kappa shape index (κ3) is 6.26. The van der Waals surface area contributed by atoms with Crippen molar-refractivity contribution in [3.8, 4) is 28.1 Å². The molecule has 0 aliphatic carbocycles. The summed E-state index contributed by atoms with van der Waals surface area (Å²) >= 11 is 13.7. The molecule has 0 saturated carbocycles. The normalized spacial score (nSPS) is 14.4. The van der Waals surface area contributed by atoms with E-state index in [2.05, 4.69) is 20.9 Å². The number of amides is 2. The quantitative estimate of drug-likeness (QED) is 0.254. The summed E-state index contributed by atoms with van der Waals surface area (Å²) in [6.07, 6.45) is 4.28. The zero-order valence-electron chi connectivity index (χ0n) is 24.2. The highest BCUT2D eigenvalue weighted by molar-refractivity contribution is 6.39. The van der Waals surface area contributed by atoms with Gasteiger partial charge in [-0.25, -0.2) is 4.79 Å². The molecular formula is C31H30Cl2N6O5. The summed E-state index contributed by atoms with van der Waals surface area (Å²) in [5.74, 6) is -0.00337. The van der Waals surface area contributed by atoms with Crippen LogP contribution < -0.4 is 31.9 Å². The average Bonchev–Trinajstić information content (AvgIpc) is 3.44. The van der Waals surface area contributed by atoms with Crippen molar-refractivity contribution in [1.82, 2.24) is 24.8 Å². The lowest BCUT2D eigenvalue weighted by atomic mass is 10.00. The SMILES string of the molecule is COc1cc(-c2cccc(-c3cccc(NC(=O)c4cn(C)c(=O)n(C)c4=O)c3Cl)c2Cl)ncc1CNCC1CCC(=O)N1. The molecule has 0 radical (unpaired) electrons. The Hall–Kier alpha value is -4.45. The average molecular weight is 638 g/mol. The monoisotopic (exact) mass is 636 g/mol. The van der Waals surface area contributed by atoms with Crippen molar-refractivity contribution < 1.29 is 14.3 Å². The maximum atomic E-state index is 13.0. The molecule has 1 aliphatic heterocycles. The van der Waals surface area contributed by atoms with Gasteiger partial charge in [0.05, 0.1) is 28.5 Å². The van der Waals surface area contributed by atoms with E-state index in [0.717, 1.165) is 21.1 Å². The predicted molar refractivity (Wildman–Crippen MR) is 169 cm³/mol. The highest BCUT2D eigenvalue weighted by atomic mass is 35.5. The van der Waals surface area contributed by atoms with E-state index in [1.165, 1.54) is 20.3 Å². The Bertz CT molecular complexity index is 1890. The molecule has 0 spiro atoms. The van der Waals surface area contributed by atoms with Crippen LogP contribution in [0.1, 0.15) is 28.8 Å². The van der Waals surface area contributed by atoms with Gasteiger partial charge < -0.3 is 25.3 Å². The molecule has 0 bridgehead atoms. The van der Waals surface area contributed by atoms with Crippen LogP contribution in [0.25, 0.3) is 22.4 Å². The number of hydrogen-bond acceptors (Lipinski definition) is 7. The van der Waals surface area contributed by atoms with Gasteiger partial charge in [0, 0.05) is 80.4 Å². The lowest BCUT2D eigenvalue weighted by molar-refractivity contribution is -0.119. The van der Waals surface area contributed by atoms with Crippen LogP contribution in [0.3, 0.4) is 0 Å². The number of aryl methyl sites for hydroxylation is 1. The fraction of sp³-hybridized carbons (Fsp3) is 0.258. The molecule has 2 aromatic carbocycles. The van der Waals surface area contributed by atoms with Crippen molar-refractivity contribution in [2.75, 3.05) is 19.0 Å². The largest absolute Gasteiger partial charge is 0.496 e. The van der Waals surface area contributed by atoms with Crippen molar-refractivity contribution in [2.45, 2.75) is 25.4 Å². The van der Waals surface area contributed by atoms with Gasteiger partial charge in [0.15, 0.2) is 0 Å². The lowest BCUT2D eigenvalue weighted by Crippen LogP contribution is -2.40. The van der Waals surface area contributed by atoms with Crippen LogP contribution >= 0.6 is 23.2 Å². The maximum absolute atomic E-state index is 13.0. The third-order valence-electron chi connectivity index (χ3n) is 7.46. The summed E-state index contributed by atoms with van der Waals surface area (Å²) in [4.78, 5) is 53.7. The molecule has 1 atom stereocenters. The number of anilines is 1. The summed E-state index contributed by atoms with van der Waals surface area (Å²) in [6, 6.07) is 12.5. The first-order chi connectivity index (χ1) is 21.1. The van der Waals surface area contributed by atoms with Crippen LogP contribution in [-0.4, -0.2) is 45.6 Å². The molecule has 13 heteroatoms. The molecule has 1 fully saturated rings. The molecule has 1 unspecified atom stereocenters. The molecule has 2 aromatic heterocycles. The number of pyridine rings is 1. The number of halogens is 2. The molecule has 1 aliphatic rings. The highest BCUT2D eigenvalue weighted by Crippen LogP contribution is 2.41. The van der Waals surface area contributed by atoms with E-state index in [-0.39, 0.29) is 28.2 Å². The first kappa shape index (κ1) is 31.0. The molecule has 3 N–H and O–H groups in total.